The number of hydrogen-bond acceptors (Lipinski definition) is 2. The van der Waals surface area contributed by atoms with Crippen LogP contribution in [-0.2, 0) is 29.5 Å². The Kier molecular flexibility index (Phi) is 4.40. The molecule has 1 fully saturated rings. The normalized spacial score (nSPS) is 22.2. The number of carbonyl (C=O) groups excluding carboxylic acids is 2. The monoisotopic (exact) mass is 388 g/mol. The topological polar surface area (TPSA) is 49.4 Å². The summed E-state index contributed by atoms with van der Waals surface area (Å²) < 4.78 is 38.9. The molecule has 3 amide bonds. The first kappa shape index (κ1) is 18.5. The van der Waals surface area contributed by atoms with Crippen molar-refractivity contribution in [3.05, 3.63) is 70.8 Å². The highest BCUT2D eigenvalue weighted by atomic mass is 19.4. The van der Waals surface area contributed by atoms with Gasteiger partial charge in [-0.3, -0.25) is 9.69 Å². The summed E-state index contributed by atoms with van der Waals surface area (Å²) >= 11 is 0. The summed E-state index contributed by atoms with van der Waals surface area (Å²) in [5, 5.41) is 2.85. The molecule has 2 aliphatic rings. The molecule has 0 bridgehead atoms. The fourth-order valence-corrected chi connectivity index (χ4v) is 4.15. The molecule has 1 heterocycles. The Morgan fingerprint density at radius 3 is 2.61 bits per heavy atom. The standard InChI is InChI=1S/C21H19F3N2O2/c22-21(23,24)16-9-5-6-14(12-16)13-26-18(27)20(25-19(26)28)11-4-3-8-15-7-1-2-10-17(15)20/h1-2,5-7,9-10,12H,3-4,8,11,13H2,(H,25,28)/t20-/m1/s1. The maximum absolute atomic E-state index is 13.3. The van der Waals surface area contributed by atoms with Gasteiger partial charge in [0.25, 0.3) is 5.91 Å². The van der Waals surface area contributed by atoms with Crippen molar-refractivity contribution in [3.63, 3.8) is 0 Å². The van der Waals surface area contributed by atoms with Crippen LogP contribution in [0.2, 0.25) is 0 Å². The Morgan fingerprint density at radius 1 is 1.04 bits per heavy atom. The van der Waals surface area contributed by atoms with E-state index >= 15 is 0 Å². The molecule has 4 rings (SSSR count). The molecule has 1 spiro atoms. The lowest BCUT2D eigenvalue weighted by molar-refractivity contribution is -0.137. The molecule has 1 aliphatic heterocycles. The van der Waals surface area contributed by atoms with E-state index in [0.29, 0.717) is 6.42 Å². The zero-order chi connectivity index (χ0) is 19.9. The smallest absolute Gasteiger partial charge is 0.319 e. The van der Waals surface area contributed by atoms with Gasteiger partial charge in [-0.1, -0.05) is 36.4 Å². The fourth-order valence-electron chi connectivity index (χ4n) is 4.15. The average molecular weight is 388 g/mol. The maximum atomic E-state index is 13.3. The third-order valence-electron chi connectivity index (χ3n) is 5.50. The van der Waals surface area contributed by atoms with Crippen molar-refractivity contribution in [2.45, 2.75) is 43.9 Å². The summed E-state index contributed by atoms with van der Waals surface area (Å²) in [4.78, 5) is 27.0. The minimum atomic E-state index is -4.48. The van der Waals surface area contributed by atoms with Crippen LogP contribution in [0.15, 0.2) is 48.5 Å². The third kappa shape index (κ3) is 3.04. The van der Waals surface area contributed by atoms with Crippen molar-refractivity contribution in [1.29, 1.82) is 0 Å². The Balaban J connectivity index is 1.67. The summed E-state index contributed by atoms with van der Waals surface area (Å²) in [6.07, 6.45) is -1.48. The lowest BCUT2D eigenvalue weighted by Gasteiger charge is -2.27. The van der Waals surface area contributed by atoms with Crippen molar-refractivity contribution < 1.29 is 22.8 Å². The average Bonchev–Trinajstić information content (AvgIpc) is 2.81. The number of amides is 3. The first-order valence-corrected chi connectivity index (χ1v) is 9.20. The van der Waals surface area contributed by atoms with E-state index in [2.05, 4.69) is 5.32 Å². The number of imide groups is 1. The van der Waals surface area contributed by atoms with Crippen molar-refractivity contribution in [2.24, 2.45) is 0 Å². The summed E-state index contributed by atoms with van der Waals surface area (Å²) in [7, 11) is 0. The van der Waals surface area contributed by atoms with Crippen LogP contribution in [0.5, 0.6) is 0 Å². The highest BCUT2D eigenvalue weighted by Crippen LogP contribution is 2.39. The van der Waals surface area contributed by atoms with Crippen molar-refractivity contribution >= 4 is 11.9 Å². The predicted molar refractivity (Wildman–Crippen MR) is 96.2 cm³/mol. The van der Waals surface area contributed by atoms with E-state index in [4.69, 9.17) is 0 Å². The molecule has 0 saturated carbocycles. The van der Waals surface area contributed by atoms with Gasteiger partial charge in [-0.25, -0.2) is 4.79 Å². The van der Waals surface area contributed by atoms with Crippen molar-refractivity contribution in [1.82, 2.24) is 10.2 Å². The highest BCUT2D eigenvalue weighted by Gasteiger charge is 2.53. The van der Waals surface area contributed by atoms with Crippen LogP contribution >= 0.6 is 0 Å². The Hall–Kier alpha value is -2.83. The lowest BCUT2D eigenvalue weighted by atomic mass is 9.84. The molecule has 28 heavy (non-hydrogen) atoms. The second-order valence-corrected chi connectivity index (χ2v) is 7.29. The van der Waals surface area contributed by atoms with E-state index in [1.54, 1.807) is 0 Å². The summed E-state index contributed by atoms with van der Waals surface area (Å²) in [6.45, 7) is -0.196. The lowest BCUT2D eigenvalue weighted by Crippen LogP contribution is -2.44. The molecular weight excluding hydrogens is 369 g/mol. The van der Waals surface area contributed by atoms with Gasteiger partial charge in [0, 0.05) is 0 Å². The number of urea groups is 1. The van der Waals surface area contributed by atoms with Crippen LogP contribution in [0.25, 0.3) is 0 Å². The van der Waals surface area contributed by atoms with E-state index in [1.165, 1.54) is 12.1 Å². The molecule has 7 heteroatoms. The van der Waals surface area contributed by atoms with E-state index in [9.17, 15) is 22.8 Å². The second-order valence-electron chi connectivity index (χ2n) is 7.29. The molecule has 0 aromatic heterocycles. The zero-order valence-electron chi connectivity index (χ0n) is 15.1. The maximum Gasteiger partial charge on any atom is 0.416 e. The zero-order valence-corrected chi connectivity index (χ0v) is 15.1. The number of alkyl halides is 3. The van der Waals surface area contributed by atoms with Gasteiger partial charge in [-0.2, -0.15) is 13.2 Å². The Labute approximate surface area is 160 Å². The van der Waals surface area contributed by atoms with Crippen molar-refractivity contribution in [2.75, 3.05) is 0 Å². The number of halogens is 3. The van der Waals surface area contributed by atoms with Gasteiger partial charge in [0.2, 0.25) is 0 Å². The fraction of sp³-hybridized carbons (Fsp3) is 0.333. The Morgan fingerprint density at radius 2 is 1.82 bits per heavy atom. The summed E-state index contributed by atoms with van der Waals surface area (Å²) in [5.74, 6) is -0.399. The van der Waals surface area contributed by atoms with E-state index in [-0.39, 0.29) is 12.1 Å². The van der Waals surface area contributed by atoms with Crippen LogP contribution in [0.1, 0.15) is 41.5 Å². The molecule has 1 aliphatic carbocycles. The van der Waals surface area contributed by atoms with E-state index < -0.39 is 29.2 Å². The summed E-state index contributed by atoms with van der Waals surface area (Å²) in [5.41, 5.74) is 0.141. The van der Waals surface area contributed by atoms with Gasteiger partial charge in [-0.05, 0) is 54.5 Å². The van der Waals surface area contributed by atoms with E-state index in [0.717, 1.165) is 47.4 Å². The van der Waals surface area contributed by atoms with Gasteiger partial charge in [0.15, 0.2) is 0 Å². The number of benzene rings is 2. The number of aryl methyl sites for hydroxylation is 1. The van der Waals surface area contributed by atoms with Gasteiger partial charge in [0.05, 0.1) is 12.1 Å². The van der Waals surface area contributed by atoms with Gasteiger partial charge in [-0.15, -0.1) is 0 Å². The minimum Gasteiger partial charge on any atom is -0.319 e. The molecular formula is C21H19F3N2O2. The van der Waals surface area contributed by atoms with E-state index in [1.807, 2.05) is 24.3 Å². The van der Waals surface area contributed by atoms with Gasteiger partial charge >= 0.3 is 12.2 Å². The number of hydrogen-bond donors (Lipinski definition) is 1. The molecule has 1 atom stereocenters. The van der Waals surface area contributed by atoms with Crippen molar-refractivity contribution in [3.8, 4) is 0 Å². The predicted octanol–water partition coefficient (Wildman–Crippen LogP) is 4.38. The van der Waals surface area contributed by atoms with Crippen LogP contribution < -0.4 is 5.32 Å². The molecule has 0 unspecified atom stereocenters. The van der Waals surface area contributed by atoms with Crippen LogP contribution in [0.4, 0.5) is 18.0 Å². The number of rotatable bonds is 2. The molecule has 1 N–H and O–H groups in total. The van der Waals surface area contributed by atoms with Crippen LogP contribution in [0.3, 0.4) is 0 Å². The molecule has 0 radical (unpaired) electrons. The molecule has 2 aromatic carbocycles. The molecule has 4 nitrogen and oxygen atoms in total. The first-order valence-electron chi connectivity index (χ1n) is 9.20. The quantitative estimate of drug-likeness (QED) is 0.777. The van der Waals surface area contributed by atoms with Gasteiger partial charge in [0.1, 0.15) is 5.54 Å². The number of carbonyl (C=O) groups is 2. The first-order chi connectivity index (χ1) is 13.3. The molecule has 1 saturated heterocycles. The molecule has 2 aromatic rings. The number of nitrogens with one attached hydrogen (secondary N) is 1. The van der Waals surface area contributed by atoms with Crippen LogP contribution in [0, 0.1) is 0 Å². The second kappa shape index (κ2) is 6.65. The largest absolute Gasteiger partial charge is 0.416 e. The van der Waals surface area contributed by atoms with Crippen LogP contribution in [-0.4, -0.2) is 16.8 Å². The SMILES string of the molecule is O=C1N[C@@]2(CCCCc3ccccc32)C(=O)N1Cc1cccc(C(F)(F)F)c1. The Bertz CT molecular complexity index is 941. The highest BCUT2D eigenvalue weighted by molar-refractivity contribution is 6.07. The number of fused-ring (bicyclic) bond motifs is 2. The third-order valence-corrected chi connectivity index (χ3v) is 5.50. The molecule has 146 valence electrons. The minimum absolute atomic E-state index is 0.196. The summed E-state index contributed by atoms with van der Waals surface area (Å²) in [6, 6.07) is 11.7. The number of nitrogens with zero attached hydrogens (tertiary/aromatic N) is 1. The van der Waals surface area contributed by atoms with Gasteiger partial charge < -0.3 is 5.32 Å².